The summed E-state index contributed by atoms with van der Waals surface area (Å²) in [6, 6.07) is 0. The largest absolute Gasteiger partial charge is 0.458 e. The van der Waals surface area contributed by atoms with Gasteiger partial charge in [-0.2, -0.15) is 0 Å². The lowest BCUT2D eigenvalue weighted by molar-refractivity contribution is -0.374. The van der Waals surface area contributed by atoms with E-state index in [0.717, 1.165) is 5.57 Å². The average molecular weight is 1250 g/mol. The maximum absolute atomic E-state index is 13.6. The van der Waals surface area contributed by atoms with Gasteiger partial charge < -0.3 is 106 Å². The first-order chi connectivity index (χ1) is 41.2. The molecule has 31 unspecified atom stereocenters. The Labute approximate surface area is 510 Å². The first-order valence-electron chi connectivity index (χ1n) is 31.4. The summed E-state index contributed by atoms with van der Waals surface area (Å²) in [6.07, 6.45) is -16.4. The second-order valence-corrected chi connectivity index (χ2v) is 26.8. The van der Waals surface area contributed by atoms with Crippen LogP contribution in [0, 0.1) is 34.5 Å². The second kappa shape index (κ2) is 28.0. The van der Waals surface area contributed by atoms with Gasteiger partial charge in [0, 0.05) is 78.3 Å². The molecule has 0 bridgehead atoms. The number of rotatable bonds is 20. The van der Waals surface area contributed by atoms with E-state index in [0.29, 0.717) is 51.4 Å². The Morgan fingerprint density at radius 1 is 0.621 bits per heavy atom. The van der Waals surface area contributed by atoms with Crippen molar-refractivity contribution in [3.63, 3.8) is 0 Å². The van der Waals surface area contributed by atoms with Crippen LogP contribution in [0.5, 0.6) is 0 Å². The molecule has 0 aromatic rings. The van der Waals surface area contributed by atoms with Gasteiger partial charge in [0.2, 0.25) is 0 Å². The summed E-state index contributed by atoms with van der Waals surface area (Å²) in [7, 11) is 6.13. The van der Waals surface area contributed by atoms with Gasteiger partial charge in [-0.15, -0.1) is 0 Å². The monoisotopic (exact) mass is 1240 g/mol. The minimum atomic E-state index is -1.68. The van der Waals surface area contributed by atoms with Crippen molar-refractivity contribution in [2.24, 2.45) is 34.5 Å². The van der Waals surface area contributed by atoms with E-state index in [1.54, 1.807) is 28.1 Å². The van der Waals surface area contributed by atoms with Gasteiger partial charge in [-0.25, -0.2) is 0 Å². The van der Waals surface area contributed by atoms with Gasteiger partial charge in [-0.05, 0) is 90.4 Å². The number of hydrogen-bond acceptors (Lipinski definition) is 25. The van der Waals surface area contributed by atoms with Crippen molar-refractivity contribution >= 4 is 17.7 Å². The van der Waals surface area contributed by atoms with E-state index in [1.165, 1.54) is 28.1 Å². The first-order valence-corrected chi connectivity index (χ1v) is 31.4. The number of allylic oxidation sites excluding steroid dienone is 1. The SMILES string of the molecule is COC1CC(OC2CCC3(C)C(=CCC4C3C(OC(C)=O)C(OC(=O)CC(C)C)C3(C)C(C(C)=O)CCC43O)C2)OC(C)C1OC1CC(OC)C(OC2CC(OC)C(OC3OC(C)C(OC4OC(CO)C(O)C(O)C4O)C(OC)C3O)C(C)O2)C(C)O1. The molecule has 0 amide bonds. The summed E-state index contributed by atoms with van der Waals surface area (Å²) in [4.78, 5) is 40.1. The van der Waals surface area contributed by atoms with E-state index in [1.807, 2.05) is 34.6 Å². The summed E-state index contributed by atoms with van der Waals surface area (Å²) >= 11 is 0. The number of Topliss-reactive ketones (excluding diaryl/α,β-unsaturated/α-hetero) is 1. The number of aliphatic hydroxyl groups is 6. The Bertz CT molecular complexity index is 2360. The number of esters is 2. The summed E-state index contributed by atoms with van der Waals surface area (Å²) < 4.78 is 100. The molecule has 5 heterocycles. The molecule has 5 saturated heterocycles. The lowest BCUT2D eigenvalue weighted by Gasteiger charge is -2.64. The van der Waals surface area contributed by atoms with Crippen LogP contribution in [0.1, 0.15) is 133 Å². The zero-order valence-electron chi connectivity index (χ0n) is 53.0. The third-order valence-corrected chi connectivity index (χ3v) is 21.1. The number of hydrogen-bond donors (Lipinski definition) is 6. The number of carbonyl (C=O) groups excluding carboxylic acids is 3. The fourth-order valence-corrected chi connectivity index (χ4v) is 16.6. The Morgan fingerprint density at radius 2 is 1.15 bits per heavy atom. The highest BCUT2D eigenvalue weighted by molar-refractivity contribution is 5.80. The molecule has 25 nitrogen and oxygen atoms in total. The molecule has 6 N–H and O–H groups in total. The molecule has 0 aromatic carbocycles. The van der Waals surface area contributed by atoms with Gasteiger partial charge in [0.25, 0.3) is 0 Å². The third-order valence-electron chi connectivity index (χ3n) is 21.1. The van der Waals surface area contributed by atoms with Crippen molar-refractivity contribution in [2.45, 2.75) is 293 Å². The van der Waals surface area contributed by atoms with Crippen molar-refractivity contribution in [2.75, 3.05) is 35.0 Å². The van der Waals surface area contributed by atoms with Gasteiger partial charge in [0.1, 0.15) is 79.0 Å². The molecule has 3 saturated carbocycles. The number of aliphatic hydroxyl groups excluding tert-OH is 5. The van der Waals surface area contributed by atoms with Crippen LogP contribution in [0.3, 0.4) is 0 Å². The van der Waals surface area contributed by atoms with Crippen molar-refractivity contribution in [1.82, 2.24) is 0 Å². The van der Waals surface area contributed by atoms with Gasteiger partial charge in [-0.1, -0.05) is 39.3 Å². The number of fused-ring (bicyclic) bond motifs is 5. The third kappa shape index (κ3) is 13.4. The summed E-state index contributed by atoms with van der Waals surface area (Å²) in [5.41, 5.74) is -2.01. The fraction of sp³-hybridized carbons (Fsp3) is 0.919. The van der Waals surface area contributed by atoms with Crippen molar-refractivity contribution in [3.8, 4) is 0 Å². The first kappa shape index (κ1) is 68.9. The van der Waals surface area contributed by atoms with Gasteiger partial charge >= 0.3 is 11.9 Å². The van der Waals surface area contributed by atoms with E-state index < -0.39 is 194 Å². The number of methoxy groups -OCH3 is 4. The van der Waals surface area contributed by atoms with E-state index >= 15 is 0 Å². The number of ether oxygens (including phenoxy) is 16. The Morgan fingerprint density at radius 3 is 1.67 bits per heavy atom. The summed E-state index contributed by atoms with van der Waals surface area (Å²) in [5, 5.41) is 65.6. The van der Waals surface area contributed by atoms with Crippen molar-refractivity contribution in [1.29, 1.82) is 0 Å². The molecule has 87 heavy (non-hydrogen) atoms. The summed E-state index contributed by atoms with van der Waals surface area (Å²) in [6.45, 7) is 17.3. The molecule has 498 valence electrons. The zero-order valence-corrected chi connectivity index (χ0v) is 53.0. The van der Waals surface area contributed by atoms with E-state index in [2.05, 4.69) is 13.0 Å². The molecule has 4 aliphatic carbocycles. The molecule has 5 aliphatic heterocycles. The second-order valence-electron chi connectivity index (χ2n) is 26.8. The molecule has 9 aliphatic rings. The molecular formula is C62H100O25. The van der Waals surface area contributed by atoms with Crippen LogP contribution in [-0.2, 0) is 90.2 Å². The normalized spacial score (nSPS) is 49.2. The molecule has 9 rings (SSSR count). The van der Waals surface area contributed by atoms with Crippen molar-refractivity contribution < 1.29 is 121 Å². The molecule has 25 heteroatoms. The lowest BCUT2D eigenvalue weighted by Crippen LogP contribution is -2.72. The predicted octanol–water partition coefficient (Wildman–Crippen LogP) is 2.68. The predicted molar refractivity (Wildman–Crippen MR) is 302 cm³/mol. The van der Waals surface area contributed by atoms with E-state index in [-0.39, 0.29) is 36.6 Å². The van der Waals surface area contributed by atoms with E-state index in [4.69, 9.17) is 75.8 Å². The molecule has 0 spiro atoms. The molecule has 0 aromatic heterocycles. The zero-order chi connectivity index (χ0) is 63.4. The maximum Gasteiger partial charge on any atom is 0.306 e. The fourth-order valence-electron chi connectivity index (χ4n) is 16.6. The molecular weight excluding hydrogens is 1140 g/mol. The standard InChI is InChI=1S/C62H100O25/c1-27(2)21-42(66)83-57-55(80-33(8)65)46-37(62(71)20-18-36(28(3)64)61(57,62)10)16-15-34-22-35(17-19-60(34,46)9)81-43-23-38(72-11)51(29(4)76-43)84-44-24-39(73-12)52(30(5)77-44)85-45-25-40(74-13)53(31(6)78-45)86-59-50(70)56(75-14)54(32(7)79-59)87-58-49(69)48(68)47(67)41(26-63)82-58/h15,27,29-32,35-41,43-59,63,67-71H,16-26H2,1-14H3. The minimum absolute atomic E-state index is 0.000575. The highest BCUT2D eigenvalue weighted by Gasteiger charge is 2.75. The Kier molecular flexibility index (Phi) is 22.2. The molecule has 0 radical (unpaired) electrons. The average Bonchev–Trinajstić information content (AvgIpc) is 1.66. The van der Waals surface area contributed by atoms with Crippen LogP contribution in [0.15, 0.2) is 11.6 Å². The van der Waals surface area contributed by atoms with Crippen molar-refractivity contribution in [3.05, 3.63) is 11.6 Å². The highest BCUT2D eigenvalue weighted by Crippen LogP contribution is 2.69. The topological polar surface area (TPSA) is 320 Å². The van der Waals surface area contributed by atoms with Gasteiger partial charge in [0.05, 0.1) is 61.0 Å². The van der Waals surface area contributed by atoms with Gasteiger partial charge in [-0.3, -0.25) is 14.4 Å². The smallest absolute Gasteiger partial charge is 0.306 e. The van der Waals surface area contributed by atoms with Crippen LogP contribution in [0.4, 0.5) is 0 Å². The minimum Gasteiger partial charge on any atom is -0.458 e. The van der Waals surface area contributed by atoms with Crippen LogP contribution in [0.25, 0.3) is 0 Å². The number of carbonyl (C=O) groups is 3. The van der Waals surface area contributed by atoms with Crippen LogP contribution >= 0.6 is 0 Å². The Balaban J connectivity index is 0.790. The van der Waals surface area contributed by atoms with Crippen LogP contribution < -0.4 is 0 Å². The highest BCUT2D eigenvalue weighted by atomic mass is 16.8. The lowest BCUT2D eigenvalue weighted by atomic mass is 9.44. The van der Waals surface area contributed by atoms with Crippen LogP contribution in [-0.4, -0.2) is 243 Å². The Hall–Kier alpha value is -2.45. The maximum atomic E-state index is 13.6. The van der Waals surface area contributed by atoms with Crippen LogP contribution in [0.2, 0.25) is 0 Å². The summed E-state index contributed by atoms with van der Waals surface area (Å²) in [5.74, 6) is -2.45. The van der Waals surface area contributed by atoms with Gasteiger partial charge in [0.15, 0.2) is 31.5 Å². The molecule has 31 atom stereocenters. The quantitative estimate of drug-likeness (QED) is 0.0754. The number of ketones is 1. The molecule has 8 fully saturated rings. The van der Waals surface area contributed by atoms with E-state index in [9.17, 15) is 45.0 Å².